The second-order valence-corrected chi connectivity index (χ2v) is 6.83. The minimum atomic E-state index is -3.90. The monoisotopic (exact) mass is 319 g/mol. The summed E-state index contributed by atoms with van der Waals surface area (Å²) in [6.45, 7) is 2.43. The van der Waals surface area contributed by atoms with Gasteiger partial charge in [0, 0.05) is 12.6 Å². The fourth-order valence-corrected chi connectivity index (χ4v) is 3.19. The summed E-state index contributed by atoms with van der Waals surface area (Å²) in [4.78, 5) is -0.508. The molecule has 0 fully saturated rings. The lowest BCUT2D eigenvalue weighted by Crippen LogP contribution is -2.25. The molecular weight excluding hydrogens is 296 g/mol. The summed E-state index contributed by atoms with van der Waals surface area (Å²) < 4.78 is 52.3. The zero-order valence-electron chi connectivity index (χ0n) is 12.4. The third-order valence-corrected chi connectivity index (χ3v) is 4.75. The Balaban J connectivity index is 2.33. The summed E-state index contributed by atoms with van der Waals surface area (Å²) in [6, 6.07) is 2.45. The van der Waals surface area contributed by atoms with Crippen LogP contribution in [0.1, 0.15) is 51.9 Å². The zero-order valence-corrected chi connectivity index (χ0v) is 13.2. The Hall–Kier alpha value is -1.01. The topological polar surface area (TPSA) is 46.2 Å². The summed E-state index contributed by atoms with van der Waals surface area (Å²) in [7, 11) is -3.90. The van der Waals surface area contributed by atoms with E-state index in [2.05, 4.69) is 11.6 Å². The van der Waals surface area contributed by atoms with E-state index in [0.29, 0.717) is 12.5 Å². The maximum absolute atomic E-state index is 13.4. The summed E-state index contributed by atoms with van der Waals surface area (Å²) in [6.07, 6.45) is 7.54. The molecule has 120 valence electrons. The predicted molar refractivity (Wildman–Crippen MR) is 79.5 cm³/mol. The van der Waals surface area contributed by atoms with Gasteiger partial charge in [-0.2, -0.15) is 0 Å². The van der Waals surface area contributed by atoms with Gasteiger partial charge in [0.25, 0.3) is 0 Å². The molecule has 0 spiro atoms. The number of nitrogens with one attached hydrogen (secondary N) is 1. The van der Waals surface area contributed by atoms with Gasteiger partial charge in [-0.1, -0.05) is 45.4 Å². The number of hydrogen-bond acceptors (Lipinski definition) is 2. The lowest BCUT2D eigenvalue weighted by atomic mass is 10.1. The molecule has 0 bridgehead atoms. The van der Waals surface area contributed by atoms with Crippen LogP contribution in [0, 0.1) is 11.6 Å². The average Bonchev–Trinajstić information content (AvgIpc) is 2.41. The molecule has 0 aliphatic rings. The first kappa shape index (κ1) is 18.0. The van der Waals surface area contributed by atoms with E-state index < -0.39 is 26.6 Å². The molecule has 21 heavy (non-hydrogen) atoms. The highest BCUT2D eigenvalue weighted by Crippen LogP contribution is 2.15. The third kappa shape index (κ3) is 6.52. The van der Waals surface area contributed by atoms with Gasteiger partial charge in [0.2, 0.25) is 10.0 Å². The van der Waals surface area contributed by atoms with Crippen LogP contribution in [0.25, 0.3) is 0 Å². The first-order valence-corrected chi connectivity index (χ1v) is 8.90. The lowest BCUT2D eigenvalue weighted by Gasteiger charge is -2.07. The number of hydrogen-bond donors (Lipinski definition) is 1. The van der Waals surface area contributed by atoms with E-state index in [0.717, 1.165) is 31.4 Å². The van der Waals surface area contributed by atoms with Gasteiger partial charge in [-0.15, -0.1) is 0 Å². The van der Waals surface area contributed by atoms with Crippen LogP contribution in [-0.4, -0.2) is 15.0 Å². The number of benzene rings is 1. The van der Waals surface area contributed by atoms with Gasteiger partial charge in [0.15, 0.2) is 0 Å². The summed E-state index contributed by atoms with van der Waals surface area (Å²) in [5.74, 6) is -1.86. The molecule has 0 aliphatic carbocycles. The van der Waals surface area contributed by atoms with E-state index in [4.69, 9.17) is 0 Å². The van der Waals surface area contributed by atoms with E-state index in [1.807, 2.05) is 0 Å². The summed E-state index contributed by atoms with van der Waals surface area (Å²) >= 11 is 0. The van der Waals surface area contributed by atoms with Crippen LogP contribution in [0.5, 0.6) is 0 Å². The number of rotatable bonds is 10. The van der Waals surface area contributed by atoms with Crippen LogP contribution in [0.4, 0.5) is 8.78 Å². The van der Waals surface area contributed by atoms with Crippen LogP contribution >= 0.6 is 0 Å². The van der Waals surface area contributed by atoms with E-state index in [1.54, 1.807) is 0 Å². The fraction of sp³-hybridized carbons (Fsp3) is 0.600. The molecule has 1 rings (SSSR count). The van der Waals surface area contributed by atoms with Crippen molar-refractivity contribution in [3.63, 3.8) is 0 Å². The number of sulfonamides is 1. The van der Waals surface area contributed by atoms with Crippen molar-refractivity contribution >= 4 is 10.0 Å². The highest BCUT2D eigenvalue weighted by atomic mass is 32.2. The standard InChI is InChI=1S/C15H23F2NO2S/c1-2-3-4-5-6-7-8-11-18-21(19,20)15-10-9-13(16)12-14(15)17/h9-10,12,18H,2-8,11H2,1H3. The lowest BCUT2D eigenvalue weighted by molar-refractivity contribution is 0.539. The van der Waals surface area contributed by atoms with Crippen molar-refractivity contribution in [1.82, 2.24) is 4.72 Å². The third-order valence-electron chi connectivity index (χ3n) is 3.26. The Morgan fingerprint density at radius 1 is 1.00 bits per heavy atom. The van der Waals surface area contributed by atoms with Crippen molar-refractivity contribution in [3.8, 4) is 0 Å². The highest BCUT2D eigenvalue weighted by molar-refractivity contribution is 7.89. The van der Waals surface area contributed by atoms with Gasteiger partial charge in [0.05, 0.1) is 0 Å². The van der Waals surface area contributed by atoms with Crippen LogP contribution in [0.3, 0.4) is 0 Å². The Labute approximate surface area is 125 Å². The molecule has 0 atom stereocenters. The van der Waals surface area contributed by atoms with E-state index in [-0.39, 0.29) is 6.54 Å². The maximum atomic E-state index is 13.4. The second-order valence-electron chi connectivity index (χ2n) is 5.09. The Morgan fingerprint density at radius 2 is 1.62 bits per heavy atom. The van der Waals surface area contributed by atoms with Crippen LogP contribution < -0.4 is 4.72 Å². The zero-order chi connectivity index (χ0) is 15.7. The maximum Gasteiger partial charge on any atom is 0.243 e. The molecule has 1 aromatic rings. The molecule has 0 unspecified atom stereocenters. The minimum Gasteiger partial charge on any atom is -0.211 e. The Kier molecular flexibility index (Phi) is 7.82. The normalized spacial score (nSPS) is 11.8. The van der Waals surface area contributed by atoms with E-state index in [9.17, 15) is 17.2 Å². The molecule has 0 saturated carbocycles. The molecular formula is C15H23F2NO2S. The van der Waals surface area contributed by atoms with E-state index >= 15 is 0 Å². The molecule has 0 aromatic heterocycles. The van der Waals surface area contributed by atoms with Gasteiger partial charge < -0.3 is 0 Å². The average molecular weight is 319 g/mol. The fourth-order valence-electron chi connectivity index (χ4n) is 2.06. The van der Waals surface area contributed by atoms with Crippen LogP contribution in [0.2, 0.25) is 0 Å². The summed E-state index contributed by atoms with van der Waals surface area (Å²) in [5, 5.41) is 0. The molecule has 0 aliphatic heterocycles. The first-order chi connectivity index (χ1) is 9.97. The largest absolute Gasteiger partial charge is 0.243 e. The number of halogens is 2. The minimum absolute atomic E-state index is 0.271. The van der Waals surface area contributed by atoms with Crippen molar-refractivity contribution in [2.45, 2.75) is 56.8 Å². The SMILES string of the molecule is CCCCCCCCCNS(=O)(=O)c1ccc(F)cc1F. The molecule has 0 radical (unpaired) electrons. The molecule has 3 nitrogen and oxygen atoms in total. The van der Waals surface area contributed by atoms with Gasteiger partial charge in [-0.3, -0.25) is 0 Å². The predicted octanol–water partition coefficient (Wildman–Crippen LogP) is 3.99. The Bertz CT molecular complexity index is 532. The first-order valence-electron chi connectivity index (χ1n) is 7.42. The van der Waals surface area contributed by atoms with Crippen molar-refractivity contribution in [2.75, 3.05) is 6.54 Å². The van der Waals surface area contributed by atoms with Crippen molar-refractivity contribution < 1.29 is 17.2 Å². The van der Waals surface area contributed by atoms with Crippen LogP contribution in [-0.2, 0) is 10.0 Å². The van der Waals surface area contributed by atoms with Gasteiger partial charge in [-0.25, -0.2) is 21.9 Å². The molecule has 0 heterocycles. The van der Waals surface area contributed by atoms with Crippen molar-refractivity contribution in [3.05, 3.63) is 29.8 Å². The Morgan fingerprint density at radius 3 is 2.24 bits per heavy atom. The van der Waals surface area contributed by atoms with E-state index in [1.165, 1.54) is 19.3 Å². The molecule has 1 N–H and O–H groups in total. The van der Waals surface area contributed by atoms with Crippen molar-refractivity contribution in [2.24, 2.45) is 0 Å². The van der Waals surface area contributed by atoms with Gasteiger partial charge in [0.1, 0.15) is 16.5 Å². The molecule has 6 heteroatoms. The number of unbranched alkanes of at least 4 members (excludes halogenated alkanes) is 6. The smallest absolute Gasteiger partial charge is 0.211 e. The van der Waals surface area contributed by atoms with Crippen molar-refractivity contribution in [1.29, 1.82) is 0 Å². The summed E-state index contributed by atoms with van der Waals surface area (Å²) in [5.41, 5.74) is 0. The van der Waals surface area contributed by atoms with Gasteiger partial charge in [-0.05, 0) is 18.6 Å². The molecule has 1 aromatic carbocycles. The van der Waals surface area contributed by atoms with Gasteiger partial charge >= 0.3 is 0 Å². The second kappa shape index (κ2) is 9.10. The van der Waals surface area contributed by atoms with Crippen LogP contribution in [0.15, 0.2) is 23.1 Å². The molecule has 0 amide bonds. The molecule has 0 saturated heterocycles. The quantitative estimate of drug-likeness (QED) is 0.663. The highest BCUT2D eigenvalue weighted by Gasteiger charge is 2.18.